The van der Waals surface area contributed by atoms with E-state index in [4.69, 9.17) is 15.0 Å². The molecule has 3 rings (SSSR count). The van der Waals surface area contributed by atoms with Gasteiger partial charge in [-0.2, -0.15) is 4.98 Å². The Hall–Kier alpha value is -2.79. The first kappa shape index (κ1) is 26.8. The van der Waals surface area contributed by atoms with Gasteiger partial charge in [0.1, 0.15) is 18.5 Å². The fraction of sp³-hybridized carbons (Fsp3) is 0.480. The number of aliphatic hydroxyl groups excluding tert-OH is 2. The topological polar surface area (TPSA) is 135 Å². The first-order valence-corrected chi connectivity index (χ1v) is 12.4. The molecule has 0 aliphatic rings. The van der Waals surface area contributed by atoms with Crippen molar-refractivity contribution in [1.82, 2.24) is 15.0 Å². The summed E-state index contributed by atoms with van der Waals surface area (Å²) in [6.07, 6.45) is -1.51. The smallest absolute Gasteiger partial charge is 0.268 e. The van der Waals surface area contributed by atoms with Crippen LogP contribution in [0.3, 0.4) is 0 Å². The van der Waals surface area contributed by atoms with Crippen molar-refractivity contribution in [3.8, 4) is 27.9 Å². The van der Waals surface area contributed by atoms with Crippen LogP contribution >= 0.6 is 11.3 Å². The lowest BCUT2D eigenvalue weighted by molar-refractivity contribution is -0.127. The van der Waals surface area contributed by atoms with Crippen LogP contribution in [0.1, 0.15) is 41.3 Å². The number of ether oxygens (including phenoxy) is 1. The minimum Gasteiger partial charge on any atom is -0.490 e. The average molecular weight is 503 g/mol. The van der Waals surface area contributed by atoms with Crippen LogP contribution in [0.5, 0.6) is 5.75 Å². The van der Waals surface area contributed by atoms with E-state index in [-0.39, 0.29) is 13.0 Å². The molecule has 1 unspecified atom stereocenters. The summed E-state index contributed by atoms with van der Waals surface area (Å²) in [5, 5.41) is 23.7. The van der Waals surface area contributed by atoms with Crippen LogP contribution in [0.4, 0.5) is 0 Å². The predicted octanol–water partition coefficient (Wildman–Crippen LogP) is 3.21. The molecule has 190 valence electrons. The van der Waals surface area contributed by atoms with Gasteiger partial charge >= 0.3 is 0 Å². The number of aliphatic hydroxyl groups is 2. The van der Waals surface area contributed by atoms with Crippen LogP contribution in [0.25, 0.3) is 22.2 Å². The number of nitrogens with two attached hydrogens (primary N) is 1. The number of carbonyl (C=O) groups is 1. The van der Waals surface area contributed by atoms with E-state index in [9.17, 15) is 15.0 Å². The Morgan fingerprint density at radius 1 is 1.20 bits per heavy atom. The highest BCUT2D eigenvalue weighted by molar-refractivity contribution is 7.15. The highest BCUT2D eigenvalue weighted by atomic mass is 32.1. The number of aryl methyl sites for hydroxylation is 3. The van der Waals surface area contributed by atoms with Crippen LogP contribution in [0.2, 0.25) is 0 Å². The van der Waals surface area contributed by atoms with Crippen molar-refractivity contribution in [3.63, 3.8) is 0 Å². The van der Waals surface area contributed by atoms with Gasteiger partial charge in [0, 0.05) is 23.4 Å². The highest BCUT2D eigenvalue weighted by Gasteiger charge is 2.20. The molecular weight excluding hydrogens is 468 g/mol. The fourth-order valence-electron chi connectivity index (χ4n) is 3.86. The maximum absolute atomic E-state index is 11.0. The number of nitrogens with zero attached hydrogens (tertiary/aromatic N) is 3. The third-order valence-electron chi connectivity index (χ3n) is 5.64. The molecule has 2 heterocycles. The van der Waals surface area contributed by atoms with Crippen LogP contribution in [-0.2, 0) is 11.3 Å². The zero-order valence-corrected chi connectivity index (χ0v) is 21.7. The average Bonchev–Trinajstić information content (AvgIpc) is 3.40. The van der Waals surface area contributed by atoms with Crippen molar-refractivity contribution in [3.05, 3.63) is 39.8 Å². The Morgan fingerprint density at radius 3 is 2.51 bits per heavy atom. The lowest BCUT2D eigenvalue weighted by Crippen LogP contribution is -2.33. The summed E-state index contributed by atoms with van der Waals surface area (Å²) < 4.78 is 11.3. The quantitative estimate of drug-likeness (QED) is 0.344. The normalized spacial score (nSPS) is 13.3. The van der Waals surface area contributed by atoms with E-state index in [1.54, 1.807) is 11.3 Å². The van der Waals surface area contributed by atoms with E-state index in [0.717, 1.165) is 41.1 Å². The molecule has 35 heavy (non-hydrogen) atoms. The second-order valence-corrected chi connectivity index (χ2v) is 10.1. The summed E-state index contributed by atoms with van der Waals surface area (Å²) in [5.41, 5.74) is 8.71. The number of hydrogen-bond donors (Lipinski definition) is 3. The van der Waals surface area contributed by atoms with Gasteiger partial charge in [-0.15, -0.1) is 11.3 Å². The third kappa shape index (κ3) is 6.88. The van der Waals surface area contributed by atoms with E-state index in [1.807, 2.05) is 26.0 Å². The summed E-state index contributed by atoms with van der Waals surface area (Å²) in [6.45, 7) is 9.91. The summed E-state index contributed by atoms with van der Waals surface area (Å²) >= 11 is 1.67. The molecule has 0 aliphatic carbocycles. The first-order valence-electron chi connectivity index (χ1n) is 11.6. The van der Waals surface area contributed by atoms with E-state index >= 15 is 0 Å². The second kappa shape index (κ2) is 11.8. The molecule has 3 aromatic rings. The number of primary amides is 1. The third-order valence-corrected chi connectivity index (χ3v) is 6.85. The summed E-state index contributed by atoms with van der Waals surface area (Å²) in [6, 6.07) is 5.88. The number of thiophene rings is 1. The molecule has 0 fully saturated rings. The van der Waals surface area contributed by atoms with Gasteiger partial charge in [-0.25, -0.2) is 0 Å². The fourth-order valence-corrected chi connectivity index (χ4v) is 5.03. The van der Waals surface area contributed by atoms with Gasteiger partial charge in [0.2, 0.25) is 11.7 Å². The lowest BCUT2D eigenvalue weighted by Gasteiger charge is -2.17. The Balaban J connectivity index is 1.72. The highest BCUT2D eigenvalue weighted by Crippen LogP contribution is 2.34. The minimum atomic E-state index is -1.41. The summed E-state index contributed by atoms with van der Waals surface area (Å²) in [7, 11) is 2.12. The minimum absolute atomic E-state index is 0.0781. The van der Waals surface area contributed by atoms with Crippen LogP contribution in [-0.4, -0.2) is 63.6 Å². The molecule has 9 nitrogen and oxygen atoms in total. The van der Waals surface area contributed by atoms with Crippen LogP contribution < -0.4 is 10.5 Å². The molecule has 0 saturated heterocycles. The Bertz CT molecular complexity index is 1140. The maximum atomic E-state index is 11.0. The van der Waals surface area contributed by atoms with E-state index in [1.165, 1.54) is 10.4 Å². The molecule has 2 atom stereocenters. The maximum Gasteiger partial charge on any atom is 0.268 e. The van der Waals surface area contributed by atoms with E-state index in [2.05, 4.69) is 42.0 Å². The van der Waals surface area contributed by atoms with Crippen molar-refractivity contribution >= 4 is 17.2 Å². The SMILES string of the molecule is CCCN(C)Cc1sc(-c2nc(-c3cc(C)c(OC[C@@H](O)CC(O)C(N)=O)c(C)c3)no2)cc1C. The van der Waals surface area contributed by atoms with Crippen molar-refractivity contribution in [2.45, 2.75) is 59.3 Å². The first-order chi connectivity index (χ1) is 16.6. The zero-order valence-electron chi connectivity index (χ0n) is 20.9. The molecule has 10 heteroatoms. The molecule has 1 amide bonds. The number of benzene rings is 1. The van der Waals surface area contributed by atoms with Gasteiger partial charge in [0.15, 0.2) is 0 Å². The van der Waals surface area contributed by atoms with Crippen molar-refractivity contribution in [1.29, 1.82) is 0 Å². The Labute approximate surface area is 209 Å². The number of carbonyl (C=O) groups excluding carboxylic acids is 1. The molecule has 2 aromatic heterocycles. The molecule has 1 aromatic carbocycles. The van der Waals surface area contributed by atoms with Gasteiger partial charge in [0.25, 0.3) is 5.89 Å². The van der Waals surface area contributed by atoms with Gasteiger partial charge < -0.3 is 30.1 Å². The summed E-state index contributed by atoms with van der Waals surface area (Å²) in [4.78, 5) is 20.1. The second-order valence-electron chi connectivity index (χ2n) is 8.94. The lowest BCUT2D eigenvalue weighted by atomic mass is 10.1. The van der Waals surface area contributed by atoms with Crippen LogP contribution in [0, 0.1) is 20.8 Å². The zero-order chi connectivity index (χ0) is 25.7. The molecule has 0 bridgehead atoms. The van der Waals surface area contributed by atoms with Crippen molar-refractivity contribution in [2.75, 3.05) is 20.2 Å². The van der Waals surface area contributed by atoms with E-state index in [0.29, 0.717) is 17.5 Å². The monoisotopic (exact) mass is 502 g/mol. The molecule has 0 radical (unpaired) electrons. The largest absolute Gasteiger partial charge is 0.490 e. The van der Waals surface area contributed by atoms with Gasteiger partial charge in [0.05, 0.1) is 11.0 Å². The molecule has 0 saturated carbocycles. The number of rotatable bonds is 12. The molecule has 4 N–H and O–H groups in total. The summed E-state index contributed by atoms with van der Waals surface area (Å²) in [5.74, 6) is 0.708. The van der Waals surface area contributed by atoms with E-state index < -0.39 is 18.1 Å². The number of aromatic nitrogens is 2. The Kier molecular flexibility index (Phi) is 9.01. The van der Waals surface area contributed by atoms with Gasteiger partial charge in [-0.1, -0.05) is 12.1 Å². The molecular formula is C25H34N4O5S. The standard InChI is InChI=1S/C25H34N4O5S/c1-6-7-29(5)12-21-14(2)10-20(35-21)25-27-24(28-34-25)17-8-15(3)22(16(4)9-17)33-13-18(30)11-19(31)23(26)32/h8-10,18-19,30-31H,6-7,11-13H2,1-5H3,(H2,26,32)/t18-,19?/m0/s1. The van der Waals surface area contributed by atoms with Gasteiger partial charge in [-0.3, -0.25) is 4.79 Å². The van der Waals surface area contributed by atoms with Crippen molar-refractivity contribution < 1.29 is 24.3 Å². The molecule has 0 spiro atoms. The Morgan fingerprint density at radius 2 is 1.89 bits per heavy atom. The number of amides is 1. The van der Waals surface area contributed by atoms with Crippen molar-refractivity contribution in [2.24, 2.45) is 5.73 Å². The predicted molar refractivity (Wildman–Crippen MR) is 135 cm³/mol. The van der Waals surface area contributed by atoms with Crippen LogP contribution in [0.15, 0.2) is 22.7 Å². The van der Waals surface area contributed by atoms with Gasteiger partial charge in [-0.05, 0) is 75.7 Å². The molecule has 0 aliphatic heterocycles. The number of hydrogen-bond acceptors (Lipinski definition) is 9.